The van der Waals surface area contributed by atoms with E-state index >= 15 is 0 Å². The van der Waals surface area contributed by atoms with Gasteiger partial charge < -0.3 is 33.9 Å². The van der Waals surface area contributed by atoms with E-state index in [0.29, 0.717) is 42.7 Å². The first-order valence-corrected chi connectivity index (χ1v) is 12.4. The second-order valence-corrected chi connectivity index (χ2v) is 9.16. The van der Waals surface area contributed by atoms with Crippen LogP contribution in [0.25, 0.3) is 0 Å². The Morgan fingerprint density at radius 2 is 1.67 bits per heavy atom. The number of nitrogens with one attached hydrogen (secondary N) is 1. The van der Waals surface area contributed by atoms with Crippen LogP contribution in [0, 0.1) is 0 Å². The number of ether oxygens (including phenoxy) is 5. The molecule has 8 heteroatoms. The molecule has 0 saturated carbocycles. The molecule has 0 radical (unpaired) electrons. The third kappa shape index (κ3) is 9.24. The minimum absolute atomic E-state index is 0.158. The van der Waals surface area contributed by atoms with Crippen molar-refractivity contribution in [1.29, 1.82) is 0 Å². The van der Waals surface area contributed by atoms with Gasteiger partial charge in [0.15, 0.2) is 6.79 Å². The Hall–Kier alpha value is -2.97. The van der Waals surface area contributed by atoms with Crippen molar-refractivity contribution in [2.45, 2.75) is 58.5 Å². The molecule has 2 rings (SSSR count). The number of nitrogens with zero attached hydrogens (tertiary/aromatic N) is 1. The van der Waals surface area contributed by atoms with Crippen molar-refractivity contribution in [3.63, 3.8) is 0 Å². The smallest absolute Gasteiger partial charge is 0.322 e. The van der Waals surface area contributed by atoms with Gasteiger partial charge >= 0.3 is 6.03 Å². The molecule has 0 aliphatic rings. The zero-order chi connectivity index (χ0) is 26.4. The fourth-order valence-corrected chi connectivity index (χ4v) is 3.77. The van der Waals surface area contributed by atoms with Crippen LogP contribution in [0.5, 0.6) is 17.2 Å². The third-order valence-corrected chi connectivity index (χ3v) is 6.02. The Morgan fingerprint density at radius 1 is 0.944 bits per heavy atom. The molecule has 1 N–H and O–H groups in total. The van der Waals surface area contributed by atoms with Gasteiger partial charge in [-0.2, -0.15) is 0 Å². The van der Waals surface area contributed by atoms with Gasteiger partial charge in [-0.05, 0) is 50.1 Å². The third-order valence-electron chi connectivity index (χ3n) is 6.02. The summed E-state index contributed by atoms with van der Waals surface area (Å²) in [5.74, 6) is 1.91. The van der Waals surface area contributed by atoms with Crippen LogP contribution in [-0.2, 0) is 16.0 Å². The lowest BCUT2D eigenvalue weighted by atomic mass is 9.94. The van der Waals surface area contributed by atoms with Crippen molar-refractivity contribution in [1.82, 2.24) is 4.90 Å². The number of carbonyl (C=O) groups excluding carboxylic acids is 1. The van der Waals surface area contributed by atoms with E-state index in [4.69, 9.17) is 23.7 Å². The summed E-state index contributed by atoms with van der Waals surface area (Å²) in [6, 6.07) is 12.9. The average molecular weight is 503 g/mol. The number of benzene rings is 2. The summed E-state index contributed by atoms with van der Waals surface area (Å²) >= 11 is 0. The Bertz CT molecular complexity index is 917. The van der Waals surface area contributed by atoms with Gasteiger partial charge in [-0.1, -0.05) is 38.3 Å². The predicted molar refractivity (Wildman–Crippen MR) is 142 cm³/mol. The topological polar surface area (TPSA) is 78.5 Å². The van der Waals surface area contributed by atoms with Crippen LogP contribution in [0.15, 0.2) is 42.5 Å². The SMILES string of the molecule is CCCCCC(C)(C)N(Cc1ccc(OCOCCOC)cc1)C(=O)Nc1ccc(OC)cc1OC. The summed E-state index contributed by atoms with van der Waals surface area (Å²) < 4.78 is 26.7. The van der Waals surface area contributed by atoms with Crippen molar-refractivity contribution in [3.05, 3.63) is 48.0 Å². The molecule has 2 aromatic carbocycles. The van der Waals surface area contributed by atoms with Gasteiger partial charge in [-0.25, -0.2) is 4.79 Å². The molecule has 200 valence electrons. The van der Waals surface area contributed by atoms with Crippen molar-refractivity contribution in [2.75, 3.05) is 46.7 Å². The first-order valence-electron chi connectivity index (χ1n) is 12.4. The molecule has 36 heavy (non-hydrogen) atoms. The molecular formula is C28H42N2O6. The Kier molecular flexibility index (Phi) is 12.4. The van der Waals surface area contributed by atoms with E-state index < -0.39 is 0 Å². The molecule has 0 aliphatic heterocycles. The van der Waals surface area contributed by atoms with Gasteiger partial charge in [0, 0.05) is 25.3 Å². The summed E-state index contributed by atoms with van der Waals surface area (Å²) in [5, 5.41) is 3.04. The van der Waals surface area contributed by atoms with E-state index in [1.54, 1.807) is 39.5 Å². The molecule has 0 heterocycles. The molecule has 0 aromatic heterocycles. The van der Waals surface area contributed by atoms with Crippen LogP contribution in [0.4, 0.5) is 10.5 Å². The van der Waals surface area contributed by atoms with Crippen molar-refractivity contribution < 1.29 is 28.5 Å². The molecule has 0 unspecified atom stereocenters. The van der Waals surface area contributed by atoms with Crippen LogP contribution in [0.1, 0.15) is 52.0 Å². The van der Waals surface area contributed by atoms with E-state index in [9.17, 15) is 4.79 Å². The molecular weight excluding hydrogens is 460 g/mol. The quantitative estimate of drug-likeness (QED) is 0.221. The number of amides is 2. The van der Waals surface area contributed by atoms with Gasteiger partial charge in [0.25, 0.3) is 0 Å². The van der Waals surface area contributed by atoms with E-state index in [1.165, 1.54) is 0 Å². The van der Waals surface area contributed by atoms with Gasteiger partial charge in [-0.15, -0.1) is 0 Å². The summed E-state index contributed by atoms with van der Waals surface area (Å²) in [7, 11) is 4.80. The van der Waals surface area contributed by atoms with Gasteiger partial charge in [0.05, 0.1) is 33.1 Å². The number of rotatable bonds is 16. The zero-order valence-corrected chi connectivity index (χ0v) is 22.6. The van der Waals surface area contributed by atoms with Crippen LogP contribution in [-0.4, -0.2) is 57.8 Å². The highest BCUT2D eigenvalue weighted by Gasteiger charge is 2.31. The van der Waals surface area contributed by atoms with Gasteiger partial charge in [0.2, 0.25) is 0 Å². The molecule has 2 aromatic rings. The van der Waals surface area contributed by atoms with Crippen molar-refractivity contribution in [3.8, 4) is 17.2 Å². The van der Waals surface area contributed by atoms with Crippen molar-refractivity contribution in [2.24, 2.45) is 0 Å². The summed E-state index contributed by atoms with van der Waals surface area (Å²) in [6.45, 7) is 8.02. The monoisotopic (exact) mass is 502 g/mol. The lowest BCUT2D eigenvalue weighted by Crippen LogP contribution is -2.49. The maximum absolute atomic E-state index is 13.6. The molecule has 0 fully saturated rings. The summed E-state index contributed by atoms with van der Waals surface area (Å²) in [5.41, 5.74) is 1.24. The fourth-order valence-electron chi connectivity index (χ4n) is 3.77. The van der Waals surface area contributed by atoms with Crippen LogP contribution >= 0.6 is 0 Å². The number of hydrogen-bond donors (Lipinski definition) is 1. The van der Waals surface area contributed by atoms with Gasteiger partial charge in [-0.3, -0.25) is 0 Å². The average Bonchev–Trinajstić information content (AvgIpc) is 2.88. The Labute approximate surface area is 215 Å². The van der Waals surface area contributed by atoms with Crippen LogP contribution < -0.4 is 19.5 Å². The summed E-state index contributed by atoms with van der Waals surface area (Å²) in [4.78, 5) is 15.5. The summed E-state index contributed by atoms with van der Waals surface area (Å²) in [6.07, 6.45) is 4.20. The van der Waals surface area contributed by atoms with Gasteiger partial charge in [0.1, 0.15) is 17.2 Å². The minimum atomic E-state index is -0.358. The maximum atomic E-state index is 13.6. The molecule has 8 nitrogen and oxygen atoms in total. The Balaban J connectivity index is 2.16. The van der Waals surface area contributed by atoms with E-state index in [1.807, 2.05) is 29.2 Å². The predicted octanol–water partition coefficient (Wildman–Crippen LogP) is 6.10. The molecule has 0 aliphatic carbocycles. The second kappa shape index (κ2) is 15.2. The number of hydrogen-bond acceptors (Lipinski definition) is 6. The highest BCUT2D eigenvalue weighted by atomic mass is 16.7. The number of methoxy groups -OCH3 is 3. The van der Waals surface area contributed by atoms with E-state index in [0.717, 1.165) is 31.2 Å². The number of unbranched alkanes of at least 4 members (excludes halogenated alkanes) is 2. The highest BCUT2D eigenvalue weighted by Crippen LogP contribution is 2.31. The first-order chi connectivity index (χ1) is 17.3. The first kappa shape index (κ1) is 29.3. The molecule has 0 bridgehead atoms. The fraction of sp³-hybridized carbons (Fsp3) is 0.536. The standard InChI is InChI=1S/C28H42N2O6/c1-7-8-9-16-28(2,3)30(27(31)29-25-15-14-24(33-5)19-26(25)34-6)20-22-10-12-23(13-11-22)36-21-35-18-17-32-4/h10-15,19H,7-9,16-18,20-21H2,1-6H3,(H,29,31). The number of urea groups is 1. The van der Waals surface area contributed by atoms with Crippen LogP contribution in [0.3, 0.4) is 0 Å². The van der Waals surface area contributed by atoms with Crippen LogP contribution in [0.2, 0.25) is 0 Å². The maximum Gasteiger partial charge on any atom is 0.322 e. The largest absolute Gasteiger partial charge is 0.497 e. The molecule has 0 spiro atoms. The highest BCUT2D eigenvalue weighted by molar-refractivity contribution is 5.91. The normalized spacial score (nSPS) is 11.2. The Morgan fingerprint density at radius 3 is 2.31 bits per heavy atom. The lowest BCUT2D eigenvalue weighted by Gasteiger charge is -2.39. The molecule has 2 amide bonds. The lowest BCUT2D eigenvalue weighted by molar-refractivity contribution is -0.00848. The number of carbonyl (C=O) groups is 1. The zero-order valence-electron chi connectivity index (χ0n) is 22.6. The molecule has 0 atom stereocenters. The second-order valence-electron chi connectivity index (χ2n) is 9.16. The minimum Gasteiger partial charge on any atom is -0.497 e. The van der Waals surface area contributed by atoms with E-state index in [2.05, 4.69) is 26.1 Å². The number of anilines is 1. The molecule has 0 saturated heterocycles. The van der Waals surface area contributed by atoms with Crippen molar-refractivity contribution >= 4 is 11.7 Å². The van der Waals surface area contributed by atoms with E-state index in [-0.39, 0.29) is 18.4 Å².